The molecule has 1 aromatic rings. The maximum Gasteiger partial charge on any atom is 0.352 e. The van der Waals surface area contributed by atoms with Crippen molar-refractivity contribution in [3.05, 3.63) is 17.0 Å². The second-order valence-corrected chi connectivity index (χ2v) is 4.58. The summed E-state index contributed by atoms with van der Waals surface area (Å²) in [4.78, 5) is 14.0. The summed E-state index contributed by atoms with van der Waals surface area (Å²) in [5, 5.41) is 17.2. The Balaban J connectivity index is 3.52. The van der Waals surface area contributed by atoms with Gasteiger partial charge >= 0.3 is 5.97 Å². The second kappa shape index (κ2) is 3.65. The molecule has 0 saturated heterocycles. The van der Waals surface area contributed by atoms with Gasteiger partial charge in [-0.15, -0.1) is 0 Å². The lowest BCUT2D eigenvalue weighted by molar-refractivity contribution is 0.0690. The summed E-state index contributed by atoms with van der Waals surface area (Å²) in [6, 6.07) is 0. The molecule has 1 aromatic heterocycles. The lowest BCUT2D eigenvalue weighted by Gasteiger charge is -2.01. The lowest BCUT2D eigenvalue weighted by atomic mass is 10.2. The number of aromatic nitrogens is 1. The molecule has 0 aliphatic heterocycles. The molecule has 7 nitrogen and oxygen atoms in total. The molecule has 0 aliphatic carbocycles. The zero-order chi connectivity index (χ0) is 11.8. The van der Waals surface area contributed by atoms with Crippen LogP contribution in [0.5, 0.6) is 0 Å². The monoisotopic (exact) mass is 234 g/mol. The molecule has 0 aliphatic rings. The summed E-state index contributed by atoms with van der Waals surface area (Å²) in [7, 11) is -4.06. The Morgan fingerprint density at radius 1 is 1.40 bits per heavy atom. The van der Waals surface area contributed by atoms with E-state index in [1.165, 1.54) is 13.8 Å². The van der Waals surface area contributed by atoms with Crippen molar-refractivity contribution in [1.82, 2.24) is 9.87 Å². The van der Waals surface area contributed by atoms with Gasteiger partial charge in [0.05, 0.1) is 0 Å². The van der Waals surface area contributed by atoms with Gasteiger partial charge in [-0.2, -0.15) is 0 Å². The zero-order valence-electron chi connectivity index (χ0n) is 8.03. The van der Waals surface area contributed by atoms with E-state index in [2.05, 4.69) is 4.98 Å². The fraction of sp³-hybridized carbons (Fsp3) is 0.286. The van der Waals surface area contributed by atoms with E-state index in [9.17, 15) is 13.2 Å². The average Bonchev–Trinajstić information content (AvgIpc) is 2.42. The molecule has 0 radical (unpaired) electrons. The van der Waals surface area contributed by atoms with E-state index in [0.29, 0.717) is 0 Å². The van der Waals surface area contributed by atoms with Crippen molar-refractivity contribution in [2.45, 2.75) is 18.7 Å². The first-order valence-electron chi connectivity index (χ1n) is 3.89. The van der Waals surface area contributed by atoms with Gasteiger partial charge in [0, 0.05) is 11.3 Å². The summed E-state index contributed by atoms with van der Waals surface area (Å²) < 4.78 is 22.6. The third-order valence-electron chi connectivity index (χ3n) is 1.97. The molecule has 0 aromatic carbocycles. The van der Waals surface area contributed by atoms with Crippen LogP contribution in [0, 0.1) is 13.8 Å². The van der Waals surface area contributed by atoms with Gasteiger partial charge in [0.25, 0.3) is 10.0 Å². The van der Waals surface area contributed by atoms with Gasteiger partial charge < -0.3 is 15.3 Å². The number of aromatic carboxylic acids is 1. The summed E-state index contributed by atoms with van der Waals surface area (Å²) >= 11 is 0. The van der Waals surface area contributed by atoms with Gasteiger partial charge in [0.15, 0.2) is 0 Å². The molecular formula is C7H10N2O5S. The van der Waals surface area contributed by atoms with Gasteiger partial charge in [-0.25, -0.2) is 13.2 Å². The zero-order valence-corrected chi connectivity index (χ0v) is 8.84. The number of hydrogen-bond donors (Lipinski definition) is 4. The molecule has 0 atom stereocenters. The molecular weight excluding hydrogens is 224 g/mol. The number of aromatic amines is 1. The molecule has 0 spiro atoms. The van der Waals surface area contributed by atoms with E-state index in [-0.39, 0.29) is 21.8 Å². The van der Waals surface area contributed by atoms with E-state index < -0.39 is 16.0 Å². The van der Waals surface area contributed by atoms with Crippen LogP contribution in [0.25, 0.3) is 0 Å². The third kappa shape index (κ3) is 1.87. The van der Waals surface area contributed by atoms with E-state index in [1.54, 1.807) is 0 Å². The largest absolute Gasteiger partial charge is 0.477 e. The Hall–Kier alpha value is -1.38. The summed E-state index contributed by atoms with van der Waals surface area (Å²) in [5.74, 6) is -1.25. The fourth-order valence-electron chi connectivity index (χ4n) is 1.40. The van der Waals surface area contributed by atoms with Crippen molar-refractivity contribution in [2.24, 2.45) is 0 Å². The van der Waals surface area contributed by atoms with Crippen LogP contribution in [0.1, 0.15) is 21.7 Å². The van der Waals surface area contributed by atoms with Gasteiger partial charge in [-0.3, -0.25) is 0 Å². The molecule has 8 heteroatoms. The van der Waals surface area contributed by atoms with Crippen molar-refractivity contribution in [3.63, 3.8) is 0 Å². The maximum atomic E-state index is 11.3. The third-order valence-corrected chi connectivity index (χ3v) is 3.36. The SMILES string of the molecule is Cc1[nH]c(C(=O)O)c(C)c1S(=O)(=O)NO. The fourth-order valence-corrected chi connectivity index (χ4v) is 2.45. The first kappa shape index (κ1) is 11.7. The van der Waals surface area contributed by atoms with E-state index >= 15 is 0 Å². The Bertz CT molecular complexity index is 502. The van der Waals surface area contributed by atoms with Crippen LogP contribution in [-0.2, 0) is 10.0 Å². The topological polar surface area (TPSA) is 119 Å². The van der Waals surface area contributed by atoms with Crippen molar-refractivity contribution in [3.8, 4) is 0 Å². The molecule has 0 fully saturated rings. The Labute approximate surface area is 85.8 Å². The molecule has 15 heavy (non-hydrogen) atoms. The highest BCUT2D eigenvalue weighted by Gasteiger charge is 2.25. The number of nitrogens with one attached hydrogen (secondary N) is 2. The molecule has 1 heterocycles. The van der Waals surface area contributed by atoms with Crippen molar-refractivity contribution >= 4 is 16.0 Å². The molecule has 0 amide bonds. The summed E-state index contributed by atoms with van der Waals surface area (Å²) in [6.45, 7) is 2.75. The summed E-state index contributed by atoms with van der Waals surface area (Å²) in [6.07, 6.45) is 0. The second-order valence-electron chi connectivity index (χ2n) is 2.98. The Morgan fingerprint density at radius 3 is 2.27 bits per heavy atom. The van der Waals surface area contributed by atoms with Crippen LogP contribution in [0.4, 0.5) is 0 Å². The van der Waals surface area contributed by atoms with Crippen molar-refractivity contribution in [1.29, 1.82) is 0 Å². The lowest BCUT2D eigenvalue weighted by Crippen LogP contribution is -2.20. The van der Waals surface area contributed by atoms with Gasteiger partial charge in [-0.05, 0) is 13.8 Å². The molecule has 0 saturated carbocycles. The van der Waals surface area contributed by atoms with Crippen molar-refractivity contribution in [2.75, 3.05) is 0 Å². The van der Waals surface area contributed by atoms with Crippen LogP contribution in [0.2, 0.25) is 0 Å². The predicted molar refractivity (Wildman–Crippen MR) is 49.3 cm³/mol. The van der Waals surface area contributed by atoms with E-state index in [0.717, 1.165) is 4.89 Å². The summed E-state index contributed by atoms with van der Waals surface area (Å²) in [5.41, 5.74) is 0.00863. The van der Waals surface area contributed by atoms with Crippen LogP contribution < -0.4 is 4.89 Å². The van der Waals surface area contributed by atoms with E-state index in [4.69, 9.17) is 10.3 Å². The van der Waals surface area contributed by atoms with Crippen LogP contribution in [-0.4, -0.2) is 29.7 Å². The normalized spacial score (nSPS) is 11.7. The first-order valence-corrected chi connectivity index (χ1v) is 5.38. The number of aryl methyl sites for hydroxylation is 1. The molecule has 0 unspecified atom stereocenters. The van der Waals surface area contributed by atoms with Gasteiger partial charge in [-0.1, -0.05) is 4.89 Å². The maximum absolute atomic E-state index is 11.3. The molecule has 1 rings (SSSR count). The highest BCUT2D eigenvalue weighted by molar-refractivity contribution is 7.89. The van der Waals surface area contributed by atoms with Crippen LogP contribution >= 0.6 is 0 Å². The minimum atomic E-state index is -4.06. The number of H-pyrrole nitrogens is 1. The molecule has 0 bridgehead atoms. The van der Waals surface area contributed by atoms with Crippen LogP contribution in [0.3, 0.4) is 0 Å². The van der Waals surface area contributed by atoms with E-state index in [1.807, 2.05) is 0 Å². The average molecular weight is 234 g/mol. The standard InChI is InChI=1S/C7H10N2O5S/c1-3-5(7(10)11)8-4(2)6(3)15(13,14)9-12/h8-9,12H,1-2H3,(H,10,11). The minimum absolute atomic E-state index is 0.0570. The number of hydrogen-bond acceptors (Lipinski definition) is 4. The van der Waals surface area contributed by atoms with Gasteiger partial charge in [0.2, 0.25) is 0 Å². The quantitative estimate of drug-likeness (QED) is 0.548. The van der Waals surface area contributed by atoms with Crippen LogP contribution in [0.15, 0.2) is 4.90 Å². The highest BCUT2D eigenvalue weighted by atomic mass is 32.2. The smallest absolute Gasteiger partial charge is 0.352 e. The Morgan fingerprint density at radius 2 is 1.93 bits per heavy atom. The predicted octanol–water partition coefficient (Wildman–Crippen LogP) is -0.00276. The number of sulfonamides is 1. The number of carboxylic acids is 1. The number of carboxylic acid groups (broad SMARTS) is 1. The van der Waals surface area contributed by atoms with Gasteiger partial charge in [0.1, 0.15) is 10.6 Å². The molecule has 4 N–H and O–H groups in total. The minimum Gasteiger partial charge on any atom is -0.477 e. The first-order chi connectivity index (χ1) is 6.81. The number of carbonyl (C=O) groups is 1. The Kier molecular flexibility index (Phi) is 2.84. The highest BCUT2D eigenvalue weighted by Crippen LogP contribution is 2.22. The number of rotatable bonds is 3. The van der Waals surface area contributed by atoms with Crippen molar-refractivity contribution < 1.29 is 23.5 Å². The molecule has 84 valence electrons.